The number of carbonyl (C=O) groups is 1. The quantitative estimate of drug-likeness (QED) is 0.769. The fourth-order valence-electron chi connectivity index (χ4n) is 4.57. The number of aliphatic hydroxyl groups excluding tert-OH is 1. The van der Waals surface area contributed by atoms with Crippen molar-refractivity contribution in [3.05, 3.63) is 29.8 Å². The molecule has 2 saturated heterocycles. The number of likely N-dealkylation sites (tertiary alicyclic amines) is 2. The third kappa shape index (κ3) is 4.63. The van der Waals surface area contributed by atoms with Crippen LogP contribution in [0.4, 0.5) is 8.78 Å². The summed E-state index contributed by atoms with van der Waals surface area (Å²) >= 11 is 0. The Balaban J connectivity index is 1.67. The van der Waals surface area contributed by atoms with Crippen LogP contribution in [0.2, 0.25) is 0 Å². The van der Waals surface area contributed by atoms with Crippen molar-refractivity contribution in [2.45, 2.75) is 38.2 Å². The van der Waals surface area contributed by atoms with E-state index < -0.39 is 5.92 Å². The highest BCUT2D eigenvalue weighted by molar-refractivity contribution is 5.79. The van der Waals surface area contributed by atoms with Gasteiger partial charge in [0.15, 0.2) is 0 Å². The molecule has 1 aromatic rings. The predicted octanol–water partition coefficient (Wildman–Crippen LogP) is 2.42. The van der Waals surface area contributed by atoms with Gasteiger partial charge < -0.3 is 14.7 Å². The van der Waals surface area contributed by atoms with E-state index >= 15 is 0 Å². The molecule has 0 aromatic heterocycles. The van der Waals surface area contributed by atoms with Gasteiger partial charge in [0, 0.05) is 26.1 Å². The van der Waals surface area contributed by atoms with Crippen LogP contribution in [-0.2, 0) is 11.2 Å². The van der Waals surface area contributed by atoms with E-state index in [2.05, 4.69) is 6.92 Å². The summed E-state index contributed by atoms with van der Waals surface area (Å²) in [5, 5.41) is 10.0. The molecule has 5 nitrogen and oxygen atoms in total. The van der Waals surface area contributed by atoms with E-state index in [4.69, 9.17) is 4.74 Å². The second-order valence-corrected chi connectivity index (χ2v) is 7.99. The number of benzene rings is 1. The molecule has 0 radical (unpaired) electrons. The number of halogens is 2. The maximum Gasteiger partial charge on any atom is 0.261 e. The van der Waals surface area contributed by atoms with Crippen molar-refractivity contribution in [2.75, 3.05) is 39.9 Å². The summed E-state index contributed by atoms with van der Waals surface area (Å²) in [5.41, 5.74) is 0.887. The molecule has 2 fully saturated rings. The van der Waals surface area contributed by atoms with Gasteiger partial charge in [-0.1, -0.05) is 25.5 Å². The molecule has 1 aromatic carbocycles. The lowest BCUT2D eigenvalue weighted by molar-refractivity contribution is -0.132. The van der Waals surface area contributed by atoms with Gasteiger partial charge in [0.05, 0.1) is 32.7 Å². The van der Waals surface area contributed by atoms with Crippen LogP contribution in [0.5, 0.6) is 5.75 Å². The first-order valence-corrected chi connectivity index (χ1v) is 10.00. The molecule has 7 heteroatoms. The minimum Gasteiger partial charge on any atom is -0.497 e. The number of amides is 1. The number of aliphatic hydroxyl groups is 1. The topological polar surface area (TPSA) is 53.0 Å². The largest absolute Gasteiger partial charge is 0.497 e. The fourth-order valence-corrected chi connectivity index (χ4v) is 4.57. The van der Waals surface area contributed by atoms with Crippen molar-refractivity contribution < 1.29 is 23.4 Å². The number of hydrogen-bond donors (Lipinski definition) is 1. The Bertz CT molecular complexity index is 668. The third-order valence-electron chi connectivity index (χ3n) is 6.20. The summed E-state index contributed by atoms with van der Waals surface area (Å²) in [6.07, 6.45) is 1.00. The van der Waals surface area contributed by atoms with Crippen LogP contribution in [-0.4, -0.2) is 72.7 Å². The number of carbonyl (C=O) groups excluding carboxylic acids is 1. The third-order valence-corrected chi connectivity index (χ3v) is 6.20. The number of alkyl halides is 2. The molecule has 156 valence electrons. The van der Waals surface area contributed by atoms with Gasteiger partial charge in [-0.15, -0.1) is 0 Å². The monoisotopic (exact) mass is 396 g/mol. The van der Waals surface area contributed by atoms with Crippen LogP contribution in [0.25, 0.3) is 0 Å². The van der Waals surface area contributed by atoms with Crippen LogP contribution in [0.1, 0.15) is 25.3 Å². The molecule has 0 spiro atoms. The van der Waals surface area contributed by atoms with Crippen molar-refractivity contribution in [1.82, 2.24) is 9.80 Å². The van der Waals surface area contributed by atoms with Gasteiger partial charge in [-0.3, -0.25) is 9.69 Å². The van der Waals surface area contributed by atoms with E-state index in [1.54, 1.807) is 16.9 Å². The van der Waals surface area contributed by atoms with E-state index in [9.17, 15) is 18.7 Å². The Kier molecular flexibility index (Phi) is 6.55. The molecule has 2 aliphatic rings. The van der Waals surface area contributed by atoms with Crippen LogP contribution in [0.3, 0.4) is 0 Å². The molecule has 28 heavy (non-hydrogen) atoms. The summed E-state index contributed by atoms with van der Waals surface area (Å²) in [6, 6.07) is 7.05. The maximum absolute atomic E-state index is 13.6. The van der Waals surface area contributed by atoms with Gasteiger partial charge in [0.25, 0.3) is 5.92 Å². The Hall–Kier alpha value is -1.73. The van der Waals surface area contributed by atoms with Gasteiger partial charge in [0.1, 0.15) is 5.75 Å². The van der Waals surface area contributed by atoms with Crippen LogP contribution in [0, 0.1) is 11.8 Å². The Morgan fingerprint density at radius 3 is 2.57 bits per heavy atom. The lowest BCUT2D eigenvalue weighted by Gasteiger charge is -2.30. The first-order valence-electron chi connectivity index (χ1n) is 10.00. The lowest BCUT2D eigenvalue weighted by atomic mass is 9.88. The second-order valence-electron chi connectivity index (χ2n) is 7.99. The SMILES string of the molecule is CC[C@@H]1CN(C(=O)Cc2ccc(OC)cc2)[C@H](CO)[C@@H]1CN1CCC(F)(F)C1. The van der Waals surface area contributed by atoms with E-state index in [-0.39, 0.29) is 49.8 Å². The molecule has 1 amide bonds. The number of methoxy groups -OCH3 is 1. The minimum atomic E-state index is -2.63. The van der Waals surface area contributed by atoms with Crippen LogP contribution in [0.15, 0.2) is 24.3 Å². The zero-order chi connectivity index (χ0) is 20.3. The van der Waals surface area contributed by atoms with E-state index in [0.29, 0.717) is 19.6 Å². The normalized spacial score (nSPS) is 27.3. The number of ether oxygens (including phenoxy) is 1. The molecule has 3 atom stereocenters. The zero-order valence-electron chi connectivity index (χ0n) is 16.6. The highest BCUT2D eigenvalue weighted by Crippen LogP contribution is 2.35. The minimum absolute atomic E-state index is 0.0173. The summed E-state index contributed by atoms with van der Waals surface area (Å²) in [4.78, 5) is 16.5. The van der Waals surface area contributed by atoms with Crippen molar-refractivity contribution in [2.24, 2.45) is 11.8 Å². The summed E-state index contributed by atoms with van der Waals surface area (Å²) in [6.45, 7) is 3.15. The highest BCUT2D eigenvalue weighted by atomic mass is 19.3. The van der Waals surface area contributed by atoms with Gasteiger partial charge in [0.2, 0.25) is 5.91 Å². The maximum atomic E-state index is 13.6. The molecular formula is C21H30F2N2O3. The Morgan fingerprint density at radius 2 is 2.04 bits per heavy atom. The van der Waals surface area contributed by atoms with Crippen LogP contribution >= 0.6 is 0 Å². The van der Waals surface area contributed by atoms with Crippen LogP contribution < -0.4 is 4.74 Å². The molecule has 2 heterocycles. The van der Waals surface area contributed by atoms with Gasteiger partial charge >= 0.3 is 0 Å². The molecule has 1 N–H and O–H groups in total. The molecule has 2 aliphatic heterocycles. The van der Waals surface area contributed by atoms with E-state index in [1.807, 2.05) is 24.3 Å². The van der Waals surface area contributed by atoms with Crippen molar-refractivity contribution in [1.29, 1.82) is 0 Å². The van der Waals surface area contributed by atoms with E-state index in [0.717, 1.165) is 17.7 Å². The predicted molar refractivity (Wildman–Crippen MR) is 103 cm³/mol. The zero-order valence-corrected chi connectivity index (χ0v) is 16.6. The first kappa shape index (κ1) is 21.0. The lowest BCUT2D eigenvalue weighted by Crippen LogP contribution is -2.44. The number of nitrogens with zero attached hydrogens (tertiary/aromatic N) is 2. The van der Waals surface area contributed by atoms with Gasteiger partial charge in [-0.25, -0.2) is 8.78 Å². The molecule has 3 rings (SSSR count). The fraction of sp³-hybridized carbons (Fsp3) is 0.667. The van der Waals surface area contributed by atoms with Gasteiger partial charge in [-0.2, -0.15) is 0 Å². The second kappa shape index (κ2) is 8.74. The molecule has 0 aliphatic carbocycles. The van der Waals surface area contributed by atoms with Crippen molar-refractivity contribution >= 4 is 5.91 Å². The standard InChI is InChI=1S/C21H30F2N2O3/c1-3-16-11-25(20(27)10-15-4-6-17(28-2)7-5-15)19(13-26)18(16)12-24-9-8-21(22,23)14-24/h4-7,16,18-19,26H,3,8-14H2,1-2H3/t16-,18-,19-/m1/s1. The summed E-state index contributed by atoms with van der Waals surface area (Å²) in [7, 11) is 1.59. The van der Waals surface area contributed by atoms with Crippen molar-refractivity contribution in [3.63, 3.8) is 0 Å². The molecule has 0 bridgehead atoms. The molecule has 0 unspecified atom stereocenters. The smallest absolute Gasteiger partial charge is 0.261 e. The first-order chi connectivity index (χ1) is 13.4. The highest BCUT2D eigenvalue weighted by Gasteiger charge is 2.45. The Morgan fingerprint density at radius 1 is 1.32 bits per heavy atom. The summed E-state index contributed by atoms with van der Waals surface area (Å²) < 4.78 is 32.3. The average molecular weight is 396 g/mol. The number of hydrogen-bond acceptors (Lipinski definition) is 4. The van der Waals surface area contributed by atoms with E-state index in [1.165, 1.54) is 0 Å². The summed E-state index contributed by atoms with van der Waals surface area (Å²) in [5.74, 6) is -1.69. The van der Waals surface area contributed by atoms with Crippen molar-refractivity contribution in [3.8, 4) is 5.75 Å². The van der Waals surface area contributed by atoms with Gasteiger partial charge in [-0.05, 0) is 29.5 Å². The Labute approximate surface area is 165 Å². The number of rotatable bonds is 7. The molecule has 0 saturated carbocycles. The average Bonchev–Trinajstić information content (AvgIpc) is 3.21. The molecular weight excluding hydrogens is 366 g/mol.